The first-order chi connectivity index (χ1) is 13.7. The molecular weight excluding hydrogens is 358 g/mol. The van der Waals surface area contributed by atoms with Gasteiger partial charge in [0.2, 0.25) is 5.88 Å². The third-order valence-corrected chi connectivity index (χ3v) is 4.92. The summed E-state index contributed by atoms with van der Waals surface area (Å²) in [7, 11) is 3.05. The topological polar surface area (TPSA) is 65.8 Å². The number of rotatable bonds is 5. The SMILES string of the molecule is COc1c2c(=O)cccc-2nc(-c2ccc(CN3CCOCC3)cc2)n1OC. The van der Waals surface area contributed by atoms with E-state index in [2.05, 4.69) is 22.0 Å². The summed E-state index contributed by atoms with van der Waals surface area (Å²) in [5.41, 5.74) is 2.93. The fourth-order valence-corrected chi connectivity index (χ4v) is 3.50. The summed E-state index contributed by atoms with van der Waals surface area (Å²) >= 11 is 0. The fraction of sp³-hybridized carbons (Fsp3) is 0.333. The lowest BCUT2D eigenvalue weighted by atomic mass is 10.1. The van der Waals surface area contributed by atoms with Gasteiger partial charge in [0.05, 0.1) is 26.0 Å². The van der Waals surface area contributed by atoms with Crippen molar-refractivity contribution >= 4 is 0 Å². The molecule has 1 aliphatic carbocycles. The monoisotopic (exact) mass is 381 g/mol. The zero-order valence-corrected chi connectivity index (χ0v) is 16.1. The molecule has 7 heteroatoms. The van der Waals surface area contributed by atoms with E-state index < -0.39 is 0 Å². The standard InChI is InChI=1S/C21H23N3O4/c1-26-21-19-17(4-3-5-18(19)25)22-20(24(21)27-2)16-8-6-15(7-9-16)14-23-10-12-28-13-11-23/h3-9H,10-14H2,1-2H3. The molecule has 0 N–H and O–H groups in total. The van der Waals surface area contributed by atoms with Gasteiger partial charge in [-0.05, 0) is 17.7 Å². The third kappa shape index (κ3) is 3.46. The summed E-state index contributed by atoms with van der Waals surface area (Å²) in [5.74, 6) is 0.917. The number of hydrogen-bond acceptors (Lipinski definition) is 6. The molecule has 0 saturated carbocycles. The van der Waals surface area contributed by atoms with Crippen molar-refractivity contribution in [2.75, 3.05) is 40.5 Å². The smallest absolute Gasteiger partial charge is 0.243 e. The lowest BCUT2D eigenvalue weighted by molar-refractivity contribution is 0.0342. The lowest BCUT2D eigenvalue weighted by Gasteiger charge is -2.26. The number of benzene rings is 2. The van der Waals surface area contributed by atoms with Crippen molar-refractivity contribution in [2.24, 2.45) is 0 Å². The molecule has 1 aromatic carbocycles. The molecule has 1 fully saturated rings. The highest BCUT2D eigenvalue weighted by molar-refractivity contribution is 5.71. The number of ether oxygens (including phenoxy) is 2. The Hall–Kier alpha value is -2.90. The number of fused-ring (bicyclic) bond motifs is 1. The molecule has 0 bridgehead atoms. The maximum Gasteiger partial charge on any atom is 0.243 e. The molecule has 146 valence electrons. The first-order valence-electron chi connectivity index (χ1n) is 9.25. The Labute approximate surface area is 163 Å². The van der Waals surface area contributed by atoms with E-state index in [1.165, 1.54) is 30.6 Å². The van der Waals surface area contributed by atoms with Gasteiger partial charge in [0, 0.05) is 25.2 Å². The summed E-state index contributed by atoms with van der Waals surface area (Å²) < 4.78 is 12.4. The van der Waals surface area contributed by atoms with E-state index in [1.54, 1.807) is 12.1 Å². The predicted octanol–water partition coefficient (Wildman–Crippen LogP) is 1.91. The molecule has 0 unspecified atom stereocenters. The van der Waals surface area contributed by atoms with Gasteiger partial charge < -0.3 is 14.3 Å². The van der Waals surface area contributed by atoms with Gasteiger partial charge in [-0.3, -0.25) is 9.69 Å². The Kier molecular flexibility index (Phi) is 5.27. The molecule has 0 radical (unpaired) electrons. The fourth-order valence-electron chi connectivity index (χ4n) is 3.50. The zero-order chi connectivity index (χ0) is 19.5. The molecule has 0 spiro atoms. The normalized spacial score (nSPS) is 14.9. The zero-order valence-electron chi connectivity index (χ0n) is 16.1. The average molecular weight is 381 g/mol. The second-order valence-corrected chi connectivity index (χ2v) is 6.66. The van der Waals surface area contributed by atoms with Crippen molar-refractivity contribution in [1.29, 1.82) is 0 Å². The van der Waals surface area contributed by atoms with Crippen LogP contribution in [0.25, 0.3) is 22.6 Å². The molecule has 0 atom stereocenters. The Morgan fingerprint density at radius 3 is 2.50 bits per heavy atom. The highest BCUT2D eigenvalue weighted by Crippen LogP contribution is 2.31. The van der Waals surface area contributed by atoms with E-state index in [4.69, 9.17) is 14.3 Å². The Balaban J connectivity index is 1.72. The number of aromatic nitrogens is 2. The van der Waals surface area contributed by atoms with Crippen LogP contribution in [0.5, 0.6) is 5.88 Å². The van der Waals surface area contributed by atoms with Crippen molar-refractivity contribution in [1.82, 2.24) is 14.6 Å². The molecule has 2 aliphatic heterocycles. The summed E-state index contributed by atoms with van der Waals surface area (Å²) in [5, 5.41) is 0. The van der Waals surface area contributed by atoms with Crippen LogP contribution < -0.4 is 15.0 Å². The minimum atomic E-state index is -0.153. The van der Waals surface area contributed by atoms with E-state index in [0.717, 1.165) is 38.4 Å². The Bertz CT molecular complexity index is 978. The average Bonchev–Trinajstić information content (AvgIpc) is 2.74. The van der Waals surface area contributed by atoms with Crippen LogP contribution in [0.2, 0.25) is 0 Å². The molecular formula is C21H23N3O4. The van der Waals surface area contributed by atoms with E-state index in [1.807, 2.05) is 12.1 Å². The van der Waals surface area contributed by atoms with E-state index in [9.17, 15) is 4.79 Å². The summed E-state index contributed by atoms with van der Waals surface area (Å²) in [6.07, 6.45) is 0. The van der Waals surface area contributed by atoms with Gasteiger partial charge in [-0.1, -0.05) is 30.3 Å². The van der Waals surface area contributed by atoms with Crippen molar-refractivity contribution < 1.29 is 14.3 Å². The predicted molar refractivity (Wildman–Crippen MR) is 106 cm³/mol. The van der Waals surface area contributed by atoms with Gasteiger partial charge in [0.15, 0.2) is 11.3 Å². The second kappa shape index (κ2) is 8.00. The molecule has 7 nitrogen and oxygen atoms in total. The number of hydrogen-bond donors (Lipinski definition) is 0. The Morgan fingerprint density at radius 1 is 1.07 bits per heavy atom. The van der Waals surface area contributed by atoms with Crippen LogP contribution in [0.3, 0.4) is 0 Å². The van der Waals surface area contributed by atoms with E-state index in [-0.39, 0.29) is 5.43 Å². The van der Waals surface area contributed by atoms with Gasteiger partial charge in [0.1, 0.15) is 12.7 Å². The van der Waals surface area contributed by atoms with Crippen LogP contribution in [0.1, 0.15) is 5.56 Å². The van der Waals surface area contributed by atoms with Crippen molar-refractivity contribution in [2.45, 2.75) is 6.54 Å². The van der Waals surface area contributed by atoms with Crippen LogP contribution >= 0.6 is 0 Å². The first kappa shape index (κ1) is 18.5. The third-order valence-electron chi connectivity index (χ3n) is 4.92. The Morgan fingerprint density at radius 2 is 1.82 bits per heavy atom. The molecule has 1 aromatic rings. The van der Waals surface area contributed by atoms with Crippen molar-refractivity contribution in [3.05, 3.63) is 58.3 Å². The molecule has 1 saturated heterocycles. The molecule has 2 heterocycles. The van der Waals surface area contributed by atoms with Gasteiger partial charge in [-0.25, -0.2) is 4.98 Å². The van der Waals surface area contributed by atoms with Crippen LogP contribution in [-0.4, -0.2) is 55.1 Å². The minimum absolute atomic E-state index is 0.153. The van der Waals surface area contributed by atoms with Gasteiger partial charge in [-0.2, -0.15) is 0 Å². The van der Waals surface area contributed by atoms with E-state index in [0.29, 0.717) is 23.0 Å². The van der Waals surface area contributed by atoms with Crippen LogP contribution in [-0.2, 0) is 11.3 Å². The van der Waals surface area contributed by atoms with Crippen molar-refractivity contribution in [3.63, 3.8) is 0 Å². The molecule has 3 aliphatic rings. The van der Waals surface area contributed by atoms with Crippen LogP contribution in [0, 0.1) is 0 Å². The molecule has 28 heavy (non-hydrogen) atoms. The largest absolute Gasteiger partial charge is 0.480 e. The van der Waals surface area contributed by atoms with Crippen molar-refractivity contribution in [3.8, 4) is 28.5 Å². The molecule has 0 aromatic heterocycles. The summed E-state index contributed by atoms with van der Waals surface area (Å²) in [4.78, 5) is 24.8. The second-order valence-electron chi connectivity index (χ2n) is 6.66. The van der Waals surface area contributed by atoms with E-state index >= 15 is 0 Å². The number of morpholine rings is 1. The minimum Gasteiger partial charge on any atom is -0.480 e. The van der Waals surface area contributed by atoms with Gasteiger partial charge in [-0.15, -0.1) is 4.73 Å². The quantitative estimate of drug-likeness (QED) is 0.673. The number of methoxy groups -OCH3 is 1. The summed E-state index contributed by atoms with van der Waals surface area (Å²) in [6, 6.07) is 13.2. The molecule has 4 rings (SSSR count). The molecule has 0 amide bonds. The summed E-state index contributed by atoms with van der Waals surface area (Å²) in [6.45, 7) is 4.36. The van der Waals surface area contributed by atoms with Gasteiger partial charge in [0.25, 0.3) is 0 Å². The van der Waals surface area contributed by atoms with Crippen LogP contribution in [0.15, 0.2) is 47.3 Å². The maximum absolute atomic E-state index is 12.3. The first-order valence-corrected chi connectivity index (χ1v) is 9.25. The highest BCUT2D eigenvalue weighted by atomic mass is 16.7. The van der Waals surface area contributed by atoms with Crippen LogP contribution in [0.4, 0.5) is 0 Å². The highest BCUT2D eigenvalue weighted by Gasteiger charge is 2.22. The van der Waals surface area contributed by atoms with Gasteiger partial charge >= 0.3 is 0 Å². The maximum atomic E-state index is 12.3. The number of nitrogens with zero attached hydrogens (tertiary/aromatic N) is 3. The lowest BCUT2D eigenvalue weighted by Crippen LogP contribution is -2.35.